The lowest BCUT2D eigenvalue weighted by Gasteiger charge is -2.31. The second-order valence-electron chi connectivity index (χ2n) is 19.9. The summed E-state index contributed by atoms with van der Waals surface area (Å²) in [7, 11) is 0. The van der Waals surface area contributed by atoms with Gasteiger partial charge in [0.2, 0.25) is 0 Å². The fourth-order valence-electron chi connectivity index (χ4n) is 12.5. The van der Waals surface area contributed by atoms with Gasteiger partial charge in [-0.3, -0.25) is 0 Å². The second kappa shape index (κ2) is 9.28. The van der Waals surface area contributed by atoms with Crippen molar-refractivity contribution in [3.63, 3.8) is 0 Å². The van der Waals surface area contributed by atoms with E-state index in [4.69, 9.17) is 0 Å². The van der Waals surface area contributed by atoms with Crippen molar-refractivity contribution in [3.8, 4) is 0 Å². The average Bonchev–Trinajstić information content (AvgIpc) is 3.22. The molecule has 0 fully saturated rings. The lowest BCUT2D eigenvalue weighted by Crippen LogP contribution is -2.11. The van der Waals surface area contributed by atoms with E-state index in [0.29, 0.717) is 0 Å². The van der Waals surface area contributed by atoms with Crippen molar-refractivity contribution in [2.75, 3.05) is 0 Å². The summed E-state index contributed by atoms with van der Waals surface area (Å²) in [6.07, 6.45) is 0. The normalized spacial score (nSPS) is 14.0. The maximum atomic E-state index is 2.58. The van der Waals surface area contributed by atoms with E-state index < -0.39 is 0 Å². The molecule has 15 rings (SSSR count). The summed E-state index contributed by atoms with van der Waals surface area (Å²) in [4.78, 5) is 0. The van der Waals surface area contributed by atoms with E-state index in [2.05, 4.69) is 163 Å². The molecule has 0 aliphatic rings. The van der Waals surface area contributed by atoms with Crippen LogP contribution in [0.15, 0.2) is 121 Å². The van der Waals surface area contributed by atoms with Crippen LogP contribution >= 0.6 is 0 Å². The van der Waals surface area contributed by atoms with Crippen molar-refractivity contribution in [2.45, 2.75) is 52.4 Å². The Kier molecular flexibility index (Phi) is 4.90. The van der Waals surface area contributed by atoms with Crippen molar-refractivity contribution in [1.82, 2.24) is 0 Å². The van der Waals surface area contributed by atoms with Crippen LogP contribution in [0.1, 0.15) is 52.7 Å². The zero-order valence-corrected chi connectivity index (χ0v) is 33.5. The molecule has 0 aromatic heterocycles. The first-order valence-corrected chi connectivity index (χ1v) is 21.1. The zero-order chi connectivity index (χ0) is 38.5. The first kappa shape index (κ1) is 30.6. The van der Waals surface area contributed by atoms with Gasteiger partial charge in [0.1, 0.15) is 0 Å². The van der Waals surface area contributed by atoms with Crippen molar-refractivity contribution in [1.29, 1.82) is 0 Å². The highest BCUT2D eigenvalue weighted by Crippen LogP contribution is 2.61. The molecular weight excluding hydrogens is 697 g/mol. The summed E-state index contributed by atoms with van der Waals surface area (Å²) in [5.41, 5.74) is 2.73. The number of hydrogen-bond donors (Lipinski definition) is 0. The summed E-state index contributed by atoms with van der Waals surface area (Å²) in [6, 6.07) is 48.1. The lowest BCUT2D eigenvalue weighted by atomic mass is 9.71. The zero-order valence-electron chi connectivity index (χ0n) is 33.5. The van der Waals surface area contributed by atoms with Crippen molar-refractivity contribution in [2.24, 2.45) is 0 Å². The van der Waals surface area contributed by atoms with Gasteiger partial charge in [0.25, 0.3) is 0 Å². The topological polar surface area (TPSA) is 0 Å². The minimum atomic E-state index is -0.0264. The van der Waals surface area contributed by atoms with E-state index >= 15 is 0 Å². The maximum absolute atomic E-state index is 2.58. The Balaban J connectivity index is 1.44. The Hall–Kier alpha value is -6.50. The Morgan fingerprint density at radius 3 is 0.879 bits per heavy atom. The summed E-state index contributed by atoms with van der Waals surface area (Å²) < 4.78 is 0. The molecule has 270 valence electrons. The monoisotopic (exact) mass is 734 g/mol. The van der Waals surface area contributed by atoms with E-state index in [-0.39, 0.29) is 10.8 Å². The van der Waals surface area contributed by atoms with Gasteiger partial charge in [0.15, 0.2) is 0 Å². The van der Waals surface area contributed by atoms with Crippen molar-refractivity contribution < 1.29 is 0 Å². The molecule has 0 saturated heterocycles. The Labute approximate surface area is 334 Å². The number of rotatable bonds is 0. The Morgan fingerprint density at radius 2 is 0.500 bits per heavy atom. The number of fused-ring (bicyclic) bond motifs is 10. The van der Waals surface area contributed by atoms with Crippen LogP contribution in [0.2, 0.25) is 0 Å². The van der Waals surface area contributed by atoms with E-state index in [0.717, 1.165) is 0 Å². The molecule has 0 radical (unpaired) electrons. The predicted octanol–water partition coefficient (Wildman–Crippen LogP) is 17.1. The highest BCUT2D eigenvalue weighted by Gasteiger charge is 2.33. The Morgan fingerprint density at radius 1 is 0.224 bits per heavy atom. The second-order valence-corrected chi connectivity index (χ2v) is 19.9. The first-order valence-electron chi connectivity index (χ1n) is 21.1. The predicted molar refractivity (Wildman–Crippen MR) is 256 cm³/mol. The molecule has 0 bridgehead atoms. The lowest BCUT2D eigenvalue weighted by molar-refractivity contribution is 0.591. The van der Waals surface area contributed by atoms with Crippen LogP contribution in [-0.2, 0) is 10.8 Å². The maximum Gasteiger partial charge on any atom is -0.0000249 e. The molecule has 0 N–H and O–H groups in total. The SMILES string of the molecule is CC(C)(C)c1cc2c3cccc4c5cc6ccccc6c6c7cc(C(C)(C)C)cc8c9cccc%10c%11cc%12ccccc%12c%12c(c1)c2c1c(c34)c(c56)c(c87)c(c9%10)c1c%11%12. The van der Waals surface area contributed by atoms with Crippen LogP contribution in [0.25, 0.3) is 151 Å². The highest BCUT2D eigenvalue weighted by atomic mass is 14.4. The fourth-order valence-corrected chi connectivity index (χ4v) is 12.5. The van der Waals surface area contributed by atoms with Crippen LogP contribution in [0.5, 0.6) is 0 Å². The summed E-state index contributed by atoms with van der Waals surface area (Å²) >= 11 is 0. The molecule has 15 aromatic rings. The summed E-state index contributed by atoms with van der Waals surface area (Å²) in [5.74, 6) is 0. The van der Waals surface area contributed by atoms with Gasteiger partial charge in [-0.05, 0) is 209 Å². The average molecular weight is 735 g/mol. The van der Waals surface area contributed by atoms with Crippen LogP contribution < -0.4 is 0 Å². The molecule has 0 nitrogen and oxygen atoms in total. The van der Waals surface area contributed by atoms with Gasteiger partial charge >= 0.3 is 0 Å². The molecule has 0 amide bonds. The molecule has 15 aromatic carbocycles. The van der Waals surface area contributed by atoms with E-state index in [1.165, 1.54) is 162 Å². The third-order valence-corrected chi connectivity index (χ3v) is 14.9. The fraction of sp³-hybridized carbons (Fsp3) is 0.138. The van der Waals surface area contributed by atoms with Gasteiger partial charge in [-0.1, -0.05) is 126 Å². The minimum absolute atomic E-state index is 0.0264. The third kappa shape index (κ3) is 3.18. The van der Waals surface area contributed by atoms with Crippen LogP contribution in [0.4, 0.5) is 0 Å². The van der Waals surface area contributed by atoms with Gasteiger partial charge in [0, 0.05) is 0 Å². The van der Waals surface area contributed by atoms with E-state index in [1.807, 2.05) is 0 Å². The van der Waals surface area contributed by atoms with Gasteiger partial charge < -0.3 is 0 Å². The standard InChI is InChI=1S/C58H38/c1-57(2,3)29-23-39-35-19-11-17-33-38-22-28-14-8-10-16-32(28)44-42-26-30(58(4,5)6)24-40-36-20-12-18-34-37-21-27-13-7-9-15-31(27)43-41(25-29)47(39)53-51(45(33)35)56(50(38)44)54(48(40)42)52(46(34)36)55(53)49(37)43/h7-26H,1-6H3. The molecule has 0 saturated carbocycles. The molecule has 58 heavy (non-hydrogen) atoms. The Bertz CT molecular complexity index is 4010. The van der Waals surface area contributed by atoms with E-state index in [9.17, 15) is 0 Å². The highest BCUT2D eigenvalue weighted by molar-refractivity contribution is 6.62. The molecule has 0 atom stereocenters. The molecule has 0 aliphatic carbocycles. The van der Waals surface area contributed by atoms with Crippen LogP contribution in [0, 0.1) is 0 Å². The number of hydrogen-bond acceptors (Lipinski definition) is 0. The van der Waals surface area contributed by atoms with Gasteiger partial charge in [-0.2, -0.15) is 0 Å². The van der Waals surface area contributed by atoms with Crippen LogP contribution in [0.3, 0.4) is 0 Å². The largest absolute Gasteiger partial charge is 0.0616 e. The third-order valence-electron chi connectivity index (χ3n) is 14.9. The van der Waals surface area contributed by atoms with Gasteiger partial charge in [0.05, 0.1) is 0 Å². The van der Waals surface area contributed by atoms with Gasteiger partial charge in [-0.15, -0.1) is 0 Å². The quantitative estimate of drug-likeness (QED) is 0.107. The van der Waals surface area contributed by atoms with Gasteiger partial charge in [-0.25, -0.2) is 0 Å². The summed E-state index contributed by atoms with van der Waals surface area (Å²) in [6.45, 7) is 14.3. The smallest absolute Gasteiger partial charge is 0.0000249 e. The molecule has 0 aliphatic heterocycles. The summed E-state index contributed by atoms with van der Waals surface area (Å²) in [5, 5.41) is 39.4. The molecule has 0 unspecified atom stereocenters. The molecule has 0 spiro atoms. The molecule has 0 heterocycles. The minimum Gasteiger partial charge on any atom is -0.0616 e. The van der Waals surface area contributed by atoms with E-state index in [1.54, 1.807) is 0 Å². The first-order chi connectivity index (χ1) is 28.1. The number of benzene rings is 15. The molecule has 0 heteroatoms. The van der Waals surface area contributed by atoms with Crippen LogP contribution in [-0.4, -0.2) is 0 Å². The van der Waals surface area contributed by atoms with Crippen molar-refractivity contribution >= 4 is 151 Å². The van der Waals surface area contributed by atoms with Crippen molar-refractivity contribution in [3.05, 3.63) is 132 Å². The molecular formula is C58H38.